The van der Waals surface area contributed by atoms with Gasteiger partial charge in [0.05, 0.1) is 11.4 Å². The second-order valence-electron chi connectivity index (χ2n) is 6.99. The summed E-state index contributed by atoms with van der Waals surface area (Å²) in [5.41, 5.74) is 4.94. The minimum Gasteiger partial charge on any atom is -0.370 e. The van der Waals surface area contributed by atoms with Crippen LogP contribution in [0.2, 0.25) is 0 Å². The van der Waals surface area contributed by atoms with Crippen molar-refractivity contribution >= 4 is 23.1 Å². The molecule has 7 heteroatoms. The summed E-state index contributed by atoms with van der Waals surface area (Å²) < 4.78 is 1.73. The Hall–Kier alpha value is -2.96. The van der Waals surface area contributed by atoms with Crippen molar-refractivity contribution in [2.45, 2.75) is 39.5 Å². The molecule has 3 heterocycles. The fourth-order valence-electron chi connectivity index (χ4n) is 3.78. The Balaban J connectivity index is 1.47. The second kappa shape index (κ2) is 7.34. The van der Waals surface area contributed by atoms with Crippen molar-refractivity contribution in [1.29, 1.82) is 0 Å². The molecule has 3 aromatic rings. The van der Waals surface area contributed by atoms with Gasteiger partial charge in [-0.05, 0) is 50.8 Å². The van der Waals surface area contributed by atoms with Crippen molar-refractivity contribution in [3.05, 3.63) is 47.5 Å². The van der Waals surface area contributed by atoms with Crippen molar-refractivity contribution < 1.29 is 4.79 Å². The van der Waals surface area contributed by atoms with Crippen LogP contribution in [0.1, 0.15) is 36.2 Å². The third-order valence-corrected chi connectivity index (χ3v) is 5.22. The van der Waals surface area contributed by atoms with Crippen LogP contribution in [-0.2, 0) is 11.2 Å². The SMILES string of the molecule is Cc1nc2ncnn2c(C)c1CCC(=O)Nc1ccccc1N1CCCC1. The number of aromatic nitrogens is 4. The van der Waals surface area contributed by atoms with Crippen LogP contribution in [0.3, 0.4) is 0 Å². The zero-order valence-corrected chi connectivity index (χ0v) is 15.8. The molecule has 1 N–H and O–H groups in total. The third-order valence-electron chi connectivity index (χ3n) is 5.22. The van der Waals surface area contributed by atoms with Gasteiger partial charge in [0.1, 0.15) is 6.33 Å². The fraction of sp³-hybridized carbons (Fsp3) is 0.400. The first-order valence-corrected chi connectivity index (χ1v) is 9.43. The zero-order chi connectivity index (χ0) is 18.8. The molecular formula is C20H24N6O. The van der Waals surface area contributed by atoms with E-state index < -0.39 is 0 Å². The third kappa shape index (κ3) is 3.49. The van der Waals surface area contributed by atoms with E-state index in [1.165, 1.54) is 19.2 Å². The number of fused-ring (bicyclic) bond motifs is 1. The summed E-state index contributed by atoms with van der Waals surface area (Å²) in [6, 6.07) is 8.05. The lowest BCUT2D eigenvalue weighted by Gasteiger charge is -2.21. The number of rotatable bonds is 5. The molecule has 140 valence electrons. The summed E-state index contributed by atoms with van der Waals surface area (Å²) in [6.07, 6.45) is 4.94. The Labute approximate surface area is 158 Å². The summed E-state index contributed by atoms with van der Waals surface area (Å²) in [4.78, 5) is 23.6. The Kier molecular flexibility index (Phi) is 4.75. The van der Waals surface area contributed by atoms with Crippen LogP contribution in [0.4, 0.5) is 11.4 Å². The summed E-state index contributed by atoms with van der Waals surface area (Å²) in [7, 11) is 0. The number of amides is 1. The van der Waals surface area contributed by atoms with Gasteiger partial charge in [0, 0.05) is 30.9 Å². The number of nitrogens with one attached hydrogen (secondary N) is 1. The molecule has 0 aliphatic carbocycles. The molecule has 7 nitrogen and oxygen atoms in total. The molecule has 27 heavy (non-hydrogen) atoms. The van der Waals surface area contributed by atoms with Gasteiger partial charge in [0.2, 0.25) is 5.91 Å². The van der Waals surface area contributed by atoms with Gasteiger partial charge in [0.25, 0.3) is 5.78 Å². The maximum atomic E-state index is 12.6. The summed E-state index contributed by atoms with van der Waals surface area (Å²) in [5.74, 6) is 0.608. The standard InChI is InChI=1S/C20H24N6O/c1-14-16(15(2)26-20(23-14)21-13-22-26)9-10-19(27)24-17-7-3-4-8-18(17)25-11-5-6-12-25/h3-4,7-8,13H,5-6,9-12H2,1-2H3,(H,24,27). The molecular weight excluding hydrogens is 340 g/mol. The van der Waals surface area contributed by atoms with Crippen LogP contribution in [-0.4, -0.2) is 38.6 Å². The predicted octanol–water partition coefficient (Wildman–Crippen LogP) is 2.91. The molecule has 0 atom stereocenters. The van der Waals surface area contributed by atoms with Crippen LogP contribution in [0.25, 0.3) is 5.78 Å². The molecule has 0 spiro atoms. The van der Waals surface area contributed by atoms with Crippen molar-refractivity contribution in [3.8, 4) is 0 Å². The number of aryl methyl sites for hydroxylation is 2. The molecule has 0 unspecified atom stereocenters. The van der Waals surface area contributed by atoms with E-state index in [4.69, 9.17) is 0 Å². The first-order valence-electron chi connectivity index (χ1n) is 9.43. The molecule has 0 radical (unpaired) electrons. The van der Waals surface area contributed by atoms with Crippen molar-refractivity contribution in [2.75, 3.05) is 23.3 Å². The molecule has 2 aromatic heterocycles. The van der Waals surface area contributed by atoms with Crippen LogP contribution in [0.5, 0.6) is 0 Å². The normalized spacial score (nSPS) is 14.1. The Bertz CT molecular complexity index is 974. The van der Waals surface area contributed by atoms with Crippen molar-refractivity contribution in [3.63, 3.8) is 0 Å². The number of carbonyl (C=O) groups is 1. The number of para-hydroxylation sites is 2. The molecule has 1 aromatic carbocycles. The van der Waals surface area contributed by atoms with E-state index in [2.05, 4.69) is 31.3 Å². The summed E-state index contributed by atoms with van der Waals surface area (Å²) in [5, 5.41) is 7.30. The lowest BCUT2D eigenvalue weighted by Crippen LogP contribution is -2.21. The Morgan fingerprint density at radius 1 is 1.19 bits per heavy atom. The van der Waals surface area contributed by atoms with Gasteiger partial charge >= 0.3 is 0 Å². The number of hydrogen-bond acceptors (Lipinski definition) is 5. The highest BCUT2D eigenvalue weighted by Crippen LogP contribution is 2.28. The van der Waals surface area contributed by atoms with E-state index in [0.717, 1.165) is 41.4 Å². The highest BCUT2D eigenvalue weighted by molar-refractivity contribution is 5.94. The van der Waals surface area contributed by atoms with Crippen LogP contribution in [0.15, 0.2) is 30.6 Å². The molecule has 1 amide bonds. The lowest BCUT2D eigenvalue weighted by atomic mass is 10.1. The number of nitrogens with zero attached hydrogens (tertiary/aromatic N) is 5. The molecule has 4 rings (SSSR count). The van der Waals surface area contributed by atoms with E-state index in [-0.39, 0.29) is 5.91 Å². The lowest BCUT2D eigenvalue weighted by molar-refractivity contribution is -0.116. The molecule has 1 aliphatic heterocycles. The van der Waals surface area contributed by atoms with E-state index in [1.54, 1.807) is 4.52 Å². The smallest absolute Gasteiger partial charge is 0.252 e. The maximum absolute atomic E-state index is 12.6. The molecule has 0 saturated carbocycles. The van der Waals surface area contributed by atoms with Gasteiger partial charge < -0.3 is 10.2 Å². The average Bonchev–Trinajstić information content (AvgIpc) is 3.33. The van der Waals surface area contributed by atoms with Crippen molar-refractivity contribution in [2.24, 2.45) is 0 Å². The van der Waals surface area contributed by atoms with Gasteiger partial charge in [-0.3, -0.25) is 4.79 Å². The van der Waals surface area contributed by atoms with Gasteiger partial charge in [-0.15, -0.1) is 0 Å². The van der Waals surface area contributed by atoms with E-state index in [1.807, 2.05) is 32.0 Å². The number of carbonyl (C=O) groups excluding carboxylic acids is 1. The van der Waals surface area contributed by atoms with E-state index in [0.29, 0.717) is 18.6 Å². The van der Waals surface area contributed by atoms with Crippen LogP contribution in [0, 0.1) is 13.8 Å². The Morgan fingerprint density at radius 2 is 1.96 bits per heavy atom. The number of anilines is 2. The van der Waals surface area contributed by atoms with Gasteiger partial charge in [-0.1, -0.05) is 12.1 Å². The van der Waals surface area contributed by atoms with Gasteiger partial charge in [-0.25, -0.2) is 9.50 Å². The topological polar surface area (TPSA) is 75.4 Å². The van der Waals surface area contributed by atoms with Gasteiger partial charge in [-0.2, -0.15) is 10.1 Å². The van der Waals surface area contributed by atoms with Crippen molar-refractivity contribution in [1.82, 2.24) is 19.6 Å². The largest absolute Gasteiger partial charge is 0.370 e. The zero-order valence-electron chi connectivity index (χ0n) is 15.8. The molecule has 0 bridgehead atoms. The average molecular weight is 364 g/mol. The molecule has 1 aliphatic rings. The van der Waals surface area contributed by atoms with E-state index in [9.17, 15) is 4.79 Å². The first-order chi connectivity index (χ1) is 13.1. The minimum absolute atomic E-state index is 0.0131. The summed E-state index contributed by atoms with van der Waals surface area (Å²) in [6.45, 7) is 6.05. The van der Waals surface area contributed by atoms with E-state index >= 15 is 0 Å². The number of hydrogen-bond donors (Lipinski definition) is 1. The van der Waals surface area contributed by atoms with Crippen LogP contribution >= 0.6 is 0 Å². The highest BCUT2D eigenvalue weighted by atomic mass is 16.1. The fourth-order valence-corrected chi connectivity index (χ4v) is 3.78. The second-order valence-corrected chi connectivity index (χ2v) is 6.99. The molecule has 1 fully saturated rings. The highest BCUT2D eigenvalue weighted by Gasteiger charge is 2.17. The first kappa shape index (κ1) is 17.5. The maximum Gasteiger partial charge on any atom is 0.252 e. The summed E-state index contributed by atoms with van der Waals surface area (Å²) >= 11 is 0. The van der Waals surface area contributed by atoms with Crippen LogP contribution < -0.4 is 10.2 Å². The number of benzene rings is 1. The molecule has 1 saturated heterocycles. The monoisotopic (exact) mass is 364 g/mol. The minimum atomic E-state index is 0.0131. The Morgan fingerprint density at radius 3 is 2.78 bits per heavy atom. The van der Waals surface area contributed by atoms with Gasteiger partial charge in [0.15, 0.2) is 0 Å². The quantitative estimate of drug-likeness (QED) is 0.753. The predicted molar refractivity (Wildman–Crippen MR) is 105 cm³/mol.